The van der Waals surface area contributed by atoms with E-state index in [0.29, 0.717) is 29.5 Å². The maximum absolute atomic E-state index is 12.3. The lowest BCUT2D eigenvalue weighted by Gasteiger charge is -2.14. The van der Waals surface area contributed by atoms with Crippen LogP contribution in [-0.4, -0.2) is 28.3 Å². The van der Waals surface area contributed by atoms with E-state index >= 15 is 0 Å². The number of aromatic nitrogens is 2. The summed E-state index contributed by atoms with van der Waals surface area (Å²) in [7, 11) is 0. The SMILES string of the molecule is CCOC(=O)/C(N)=C(/C(=N)c1ccncn1)c1ccc(OCc2ccc(C(C)C)cc2)cc1. The van der Waals surface area contributed by atoms with Crippen molar-refractivity contribution in [3.05, 3.63) is 95.2 Å². The topological polar surface area (TPSA) is 111 Å². The summed E-state index contributed by atoms with van der Waals surface area (Å²) < 4.78 is 11.0. The highest BCUT2D eigenvalue weighted by Gasteiger charge is 2.21. The van der Waals surface area contributed by atoms with E-state index in [1.165, 1.54) is 18.1 Å². The molecule has 3 N–H and O–H groups in total. The van der Waals surface area contributed by atoms with Crippen molar-refractivity contribution in [2.24, 2.45) is 5.73 Å². The standard InChI is InChI=1S/C26H28N4O3/c1-4-32-26(31)25(28)23(24(27)22-13-14-29-16-30-22)20-9-11-21(12-10-20)33-15-18-5-7-19(8-6-18)17(2)3/h5-14,16-17,27H,4,15,28H2,1-3H3/b25-23-,27-24?. The molecule has 33 heavy (non-hydrogen) atoms. The summed E-state index contributed by atoms with van der Waals surface area (Å²) >= 11 is 0. The first kappa shape index (κ1) is 23.7. The van der Waals surface area contributed by atoms with Gasteiger partial charge in [0.05, 0.1) is 18.0 Å². The molecule has 0 aliphatic heterocycles. The van der Waals surface area contributed by atoms with E-state index in [9.17, 15) is 4.79 Å². The Balaban J connectivity index is 1.82. The van der Waals surface area contributed by atoms with Crippen LogP contribution in [0.5, 0.6) is 5.75 Å². The van der Waals surface area contributed by atoms with Crippen molar-refractivity contribution in [2.45, 2.75) is 33.3 Å². The van der Waals surface area contributed by atoms with Crippen molar-refractivity contribution in [3.8, 4) is 5.75 Å². The van der Waals surface area contributed by atoms with Crippen LogP contribution in [0, 0.1) is 5.41 Å². The van der Waals surface area contributed by atoms with Crippen LogP contribution in [0.25, 0.3) is 5.57 Å². The number of ether oxygens (including phenoxy) is 2. The van der Waals surface area contributed by atoms with Crippen LogP contribution in [0.3, 0.4) is 0 Å². The molecule has 1 heterocycles. The molecule has 0 atom stereocenters. The third-order valence-corrected chi connectivity index (χ3v) is 5.05. The molecule has 0 fully saturated rings. The molecule has 2 aromatic carbocycles. The summed E-state index contributed by atoms with van der Waals surface area (Å²) in [6, 6.07) is 17.0. The minimum Gasteiger partial charge on any atom is -0.489 e. The average molecular weight is 445 g/mol. The number of allylic oxidation sites excluding steroid dienone is 1. The molecule has 3 aromatic rings. The van der Waals surface area contributed by atoms with Gasteiger partial charge in [0.2, 0.25) is 0 Å². The van der Waals surface area contributed by atoms with Gasteiger partial charge in [-0.1, -0.05) is 50.2 Å². The number of rotatable bonds is 9. The zero-order valence-corrected chi connectivity index (χ0v) is 19.0. The second-order valence-corrected chi connectivity index (χ2v) is 7.69. The summed E-state index contributed by atoms with van der Waals surface area (Å²) in [5.74, 6) is 0.462. The zero-order chi connectivity index (χ0) is 23.8. The average Bonchev–Trinajstić information content (AvgIpc) is 2.84. The van der Waals surface area contributed by atoms with E-state index in [1.54, 1.807) is 37.3 Å². The molecule has 0 saturated heterocycles. The molecule has 0 amide bonds. The fourth-order valence-corrected chi connectivity index (χ4v) is 3.20. The van der Waals surface area contributed by atoms with Gasteiger partial charge >= 0.3 is 5.97 Å². The fraction of sp³-hybridized carbons (Fsp3) is 0.231. The number of benzene rings is 2. The van der Waals surface area contributed by atoms with E-state index in [4.69, 9.17) is 20.6 Å². The molecule has 170 valence electrons. The molecular formula is C26H28N4O3. The second kappa shape index (κ2) is 11.0. The molecule has 1 aromatic heterocycles. The first-order chi connectivity index (χ1) is 15.9. The van der Waals surface area contributed by atoms with E-state index < -0.39 is 5.97 Å². The number of nitrogens with one attached hydrogen (secondary N) is 1. The van der Waals surface area contributed by atoms with Gasteiger partial charge in [-0.3, -0.25) is 5.41 Å². The van der Waals surface area contributed by atoms with Crippen LogP contribution in [0.15, 0.2) is 72.8 Å². The molecule has 0 unspecified atom stereocenters. The summed E-state index contributed by atoms with van der Waals surface area (Å²) in [4.78, 5) is 20.3. The highest BCUT2D eigenvalue weighted by Crippen LogP contribution is 2.25. The first-order valence-electron chi connectivity index (χ1n) is 10.7. The number of hydrogen-bond donors (Lipinski definition) is 2. The Morgan fingerprint density at radius 2 is 1.76 bits per heavy atom. The van der Waals surface area contributed by atoms with Crippen molar-refractivity contribution >= 4 is 17.3 Å². The van der Waals surface area contributed by atoms with Crippen LogP contribution in [0.2, 0.25) is 0 Å². The summed E-state index contributed by atoms with van der Waals surface area (Å²) in [5, 5.41) is 8.61. The minimum atomic E-state index is -0.684. The Hall–Kier alpha value is -4.00. The third-order valence-electron chi connectivity index (χ3n) is 5.05. The molecule has 0 saturated carbocycles. The Kier molecular flexibility index (Phi) is 7.91. The number of hydrogen-bond acceptors (Lipinski definition) is 7. The maximum Gasteiger partial charge on any atom is 0.354 e. The molecule has 0 spiro atoms. The van der Waals surface area contributed by atoms with Crippen LogP contribution in [0.1, 0.15) is 49.1 Å². The molecule has 3 rings (SSSR count). The third kappa shape index (κ3) is 6.04. The van der Waals surface area contributed by atoms with Gasteiger partial charge in [-0.2, -0.15) is 0 Å². The van der Waals surface area contributed by atoms with Crippen molar-refractivity contribution in [1.29, 1.82) is 5.41 Å². The normalized spacial score (nSPS) is 11.6. The predicted octanol–water partition coefficient (Wildman–Crippen LogP) is 4.48. The number of nitrogens with two attached hydrogens (primary N) is 1. The minimum absolute atomic E-state index is 0.00173. The summed E-state index contributed by atoms with van der Waals surface area (Å²) in [6.07, 6.45) is 2.87. The summed E-state index contributed by atoms with van der Waals surface area (Å²) in [6.45, 7) is 6.63. The molecular weight excluding hydrogens is 416 g/mol. The molecule has 7 heteroatoms. The van der Waals surface area contributed by atoms with Gasteiger partial charge in [0.1, 0.15) is 24.4 Å². The number of nitrogens with zero attached hydrogens (tertiary/aromatic N) is 2. The first-order valence-corrected chi connectivity index (χ1v) is 10.7. The van der Waals surface area contributed by atoms with Crippen LogP contribution in [-0.2, 0) is 16.1 Å². The van der Waals surface area contributed by atoms with Crippen LogP contribution < -0.4 is 10.5 Å². The van der Waals surface area contributed by atoms with Gasteiger partial charge in [-0.05, 0) is 47.7 Å². The van der Waals surface area contributed by atoms with Gasteiger partial charge in [0, 0.05) is 11.8 Å². The van der Waals surface area contributed by atoms with Gasteiger partial charge < -0.3 is 15.2 Å². The largest absolute Gasteiger partial charge is 0.489 e. The number of carbonyl (C=O) groups is 1. The number of esters is 1. The summed E-state index contributed by atoms with van der Waals surface area (Å²) in [5.41, 5.74) is 9.48. The molecule has 0 bridgehead atoms. The highest BCUT2D eigenvalue weighted by atomic mass is 16.5. The van der Waals surface area contributed by atoms with E-state index in [1.807, 2.05) is 0 Å². The van der Waals surface area contributed by atoms with E-state index in [0.717, 1.165) is 5.56 Å². The van der Waals surface area contributed by atoms with Crippen molar-refractivity contribution in [3.63, 3.8) is 0 Å². The van der Waals surface area contributed by atoms with Crippen LogP contribution >= 0.6 is 0 Å². The van der Waals surface area contributed by atoms with Gasteiger partial charge in [0.25, 0.3) is 0 Å². The van der Waals surface area contributed by atoms with Crippen molar-refractivity contribution in [1.82, 2.24) is 9.97 Å². The quantitative estimate of drug-likeness (QED) is 0.286. The van der Waals surface area contributed by atoms with Crippen molar-refractivity contribution in [2.75, 3.05) is 6.61 Å². The van der Waals surface area contributed by atoms with Crippen LogP contribution in [0.4, 0.5) is 0 Å². The van der Waals surface area contributed by atoms with Gasteiger partial charge in [-0.25, -0.2) is 14.8 Å². The zero-order valence-electron chi connectivity index (χ0n) is 19.0. The molecule has 0 radical (unpaired) electrons. The molecule has 0 aliphatic carbocycles. The van der Waals surface area contributed by atoms with E-state index in [2.05, 4.69) is 48.1 Å². The Labute approximate surface area is 193 Å². The fourth-order valence-electron chi connectivity index (χ4n) is 3.20. The Morgan fingerprint density at radius 3 is 2.33 bits per heavy atom. The van der Waals surface area contributed by atoms with Crippen molar-refractivity contribution < 1.29 is 14.3 Å². The Morgan fingerprint density at radius 1 is 1.06 bits per heavy atom. The lowest BCUT2D eigenvalue weighted by atomic mass is 9.96. The highest BCUT2D eigenvalue weighted by molar-refractivity contribution is 6.33. The Bertz CT molecular complexity index is 1120. The second-order valence-electron chi connectivity index (χ2n) is 7.69. The smallest absolute Gasteiger partial charge is 0.354 e. The monoisotopic (exact) mass is 444 g/mol. The maximum atomic E-state index is 12.3. The predicted molar refractivity (Wildman–Crippen MR) is 128 cm³/mol. The lowest BCUT2D eigenvalue weighted by Crippen LogP contribution is -2.20. The molecule has 0 aliphatic rings. The molecule has 7 nitrogen and oxygen atoms in total. The number of carbonyl (C=O) groups excluding carboxylic acids is 1. The van der Waals surface area contributed by atoms with Gasteiger partial charge in [-0.15, -0.1) is 0 Å². The lowest BCUT2D eigenvalue weighted by molar-refractivity contribution is -0.138. The van der Waals surface area contributed by atoms with Gasteiger partial charge in [0.15, 0.2) is 0 Å². The van der Waals surface area contributed by atoms with E-state index in [-0.39, 0.29) is 23.6 Å².